The van der Waals surface area contributed by atoms with Crippen LogP contribution < -0.4 is 5.73 Å². The van der Waals surface area contributed by atoms with Gasteiger partial charge in [0.05, 0.1) is 5.69 Å². The van der Waals surface area contributed by atoms with E-state index in [1.807, 2.05) is 30.6 Å². The molecule has 0 bridgehead atoms. The Morgan fingerprint density at radius 1 is 1.36 bits per heavy atom. The molecule has 1 atom stereocenters. The van der Waals surface area contributed by atoms with E-state index in [1.165, 1.54) is 4.88 Å². The van der Waals surface area contributed by atoms with Crippen LogP contribution in [0.15, 0.2) is 30.6 Å². The maximum absolute atomic E-state index is 6.20. The number of thiazole rings is 1. The Labute approximate surface area is 142 Å². The Balaban J connectivity index is 0.00000176. The minimum atomic E-state index is 0. The van der Waals surface area contributed by atoms with E-state index in [0.29, 0.717) is 6.04 Å². The summed E-state index contributed by atoms with van der Waals surface area (Å²) >= 11 is 1.73. The molecule has 0 saturated carbocycles. The topological polar surface area (TPSA) is 55.0 Å². The minimum absolute atomic E-state index is 0. The number of pyridine rings is 1. The first kappa shape index (κ1) is 17.3. The number of piperidine rings is 1. The average molecular weight is 339 g/mol. The van der Waals surface area contributed by atoms with Crippen LogP contribution in [0.3, 0.4) is 0 Å². The molecule has 1 aliphatic heterocycles. The van der Waals surface area contributed by atoms with Crippen molar-refractivity contribution in [2.75, 3.05) is 13.1 Å². The van der Waals surface area contributed by atoms with E-state index in [9.17, 15) is 0 Å². The van der Waals surface area contributed by atoms with Gasteiger partial charge in [-0.2, -0.15) is 0 Å². The monoisotopic (exact) mass is 338 g/mol. The molecule has 4 nitrogen and oxygen atoms in total. The maximum atomic E-state index is 6.20. The van der Waals surface area contributed by atoms with Crippen LogP contribution in [0.4, 0.5) is 0 Å². The second kappa shape index (κ2) is 7.04. The van der Waals surface area contributed by atoms with Crippen molar-refractivity contribution in [3.05, 3.63) is 35.5 Å². The number of hydrogen-bond acceptors (Lipinski definition) is 5. The molecule has 0 radical (unpaired) electrons. The van der Waals surface area contributed by atoms with Crippen molar-refractivity contribution < 1.29 is 0 Å². The van der Waals surface area contributed by atoms with Crippen molar-refractivity contribution >= 4 is 23.7 Å². The molecule has 120 valence electrons. The third kappa shape index (κ3) is 3.84. The Morgan fingerprint density at radius 3 is 2.86 bits per heavy atom. The molecule has 0 aliphatic carbocycles. The zero-order valence-electron chi connectivity index (χ0n) is 13.0. The fourth-order valence-corrected chi connectivity index (χ4v) is 3.76. The highest BCUT2D eigenvalue weighted by atomic mass is 35.5. The van der Waals surface area contributed by atoms with Gasteiger partial charge in [-0.15, -0.1) is 23.7 Å². The summed E-state index contributed by atoms with van der Waals surface area (Å²) in [6.45, 7) is 7.60. The van der Waals surface area contributed by atoms with Gasteiger partial charge in [-0.05, 0) is 24.0 Å². The van der Waals surface area contributed by atoms with Gasteiger partial charge in [-0.3, -0.25) is 9.88 Å². The highest BCUT2D eigenvalue weighted by Gasteiger charge is 2.33. The lowest BCUT2D eigenvalue weighted by Gasteiger charge is -2.42. The molecular weight excluding hydrogens is 316 g/mol. The maximum Gasteiger partial charge on any atom is 0.142 e. The van der Waals surface area contributed by atoms with Crippen molar-refractivity contribution in [3.8, 4) is 10.7 Å². The van der Waals surface area contributed by atoms with E-state index in [4.69, 9.17) is 5.73 Å². The van der Waals surface area contributed by atoms with E-state index >= 15 is 0 Å². The van der Waals surface area contributed by atoms with Gasteiger partial charge < -0.3 is 5.73 Å². The van der Waals surface area contributed by atoms with Crippen LogP contribution in [0, 0.1) is 5.41 Å². The lowest BCUT2D eigenvalue weighted by molar-refractivity contribution is 0.0906. The third-order valence-corrected chi connectivity index (χ3v) is 5.21. The molecular formula is C16H23ClN4S. The Bertz CT molecular complexity index is 599. The van der Waals surface area contributed by atoms with Gasteiger partial charge >= 0.3 is 0 Å². The number of halogens is 1. The Kier molecular flexibility index (Phi) is 5.55. The number of nitrogens with two attached hydrogens (primary N) is 1. The number of nitrogens with zero attached hydrogens (tertiary/aromatic N) is 3. The zero-order valence-corrected chi connectivity index (χ0v) is 14.7. The van der Waals surface area contributed by atoms with Gasteiger partial charge in [0.2, 0.25) is 0 Å². The predicted molar refractivity (Wildman–Crippen MR) is 94.2 cm³/mol. The lowest BCUT2D eigenvalue weighted by atomic mass is 9.80. The van der Waals surface area contributed by atoms with E-state index in [0.717, 1.165) is 36.8 Å². The molecule has 1 aliphatic rings. The number of aromatic nitrogens is 2. The quantitative estimate of drug-likeness (QED) is 0.933. The van der Waals surface area contributed by atoms with Gasteiger partial charge in [0.25, 0.3) is 0 Å². The first-order valence-corrected chi connectivity index (χ1v) is 8.20. The summed E-state index contributed by atoms with van der Waals surface area (Å²) < 4.78 is 0. The standard InChI is InChI=1S/C16H22N4S.ClH/c1-16(2)11-20(8-6-14(16)17)10-12-9-19-15(21-12)13-5-3-4-7-18-13;/h3-5,7,9,14H,6,8,10-11,17H2,1-2H3;1H. The molecule has 1 unspecified atom stereocenters. The van der Waals surface area contributed by atoms with Crippen molar-refractivity contribution in [1.82, 2.24) is 14.9 Å². The number of hydrogen-bond donors (Lipinski definition) is 1. The molecule has 0 aromatic carbocycles. The minimum Gasteiger partial charge on any atom is -0.327 e. The van der Waals surface area contributed by atoms with Gasteiger partial charge in [-0.25, -0.2) is 4.98 Å². The highest BCUT2D eigenvalue weighted by Crippen LogP contribution is 2.30. The molecule has 2 aromatic heterocycles. The fourth-order valence-electron chi connectivity index (χ4n) is 2.83. The lowest BCUT2D eigenvalue weighted by Crippen LogP contribution is -2.51. The van der Waals surface area contributed by atoms with Crippen LogP contribution in [0.25, 0.3) is 10.7 Å². The molecule has 1 saturated heterocycles. The molecule has 22 heavy (non-hydrogen) atoms. The fraction of sp³-hybridized carbons (Fsp3) is 0.500. The molecule has 3 rings (SSSR count). The van der Waals surface area contributed by atoms with Crippen molar-refractivity contribution in [1.29, 1.82) is 0 Å². The van der Waals surface area contributed by atoms with Crippen LogP contribution in [-0.2, 0) is 6.54 Å². The summed E-state index contributed by atoms with van der Waals surface area (Å²) in [6.07, 6.45) is 4.86. The molecule has 6 heteroatoms. The number of likely N-dealkylation sites (tertiary alicyclic amines) is 1. The summed E-state index contributed by atoms with van der Waals surface area (Å²) in [5.41, 5.74) is 7.34. The predicted octanol–water partition coefficient (Wildman–Crippen LogP) is 3.19. The average Bonchev–Trinajstić information content (AvgIpc) is 2.92. The molecule has 2 aromatic rings. The van der Waals surface area contributed by atoms with Crippen molar-refractivity contribution in [3.63, 3.8) is 0 Å². The summed E-state index contributed by atoms with van der Waals surface area (Å²) in [5, 5.41) is 0.999. The summed E-state index contributed by atoms with van der Waals surface area (Å²) in [5.74, 6) is 0. The molecule has 2 N–H and O–H groups in total. The van der Waals surface area contributed by atoms with Gasteiger partial charge in [0.1, 0.15) is 5.01 Å². The van der Waals surface area contributed by atoms with Crippen molar-refractivity contribution in [2.45, 2.75) is 32.9 Å². The first-order valence-electron chi connectivity index (χ1n) is 7.39. The van der Waals surface area contributed by atoms with Crippen LogP contribution in [-0.4, -0.2) is 34.0 Å². The molecule has 1 fully saturated rings. The third-order valence-electron chi connectivity index (χ3n) is 4.21. The summed E-state index contributed by atoms with van der Waals surface area (Å²) in [4.78, 5) is 12.6. The molecule has 0 amide bonds. The smallest absolute Gasteiger partial charge is 0.142 e. The Hall–Kier alpha value is -1.01. The van der Waals surface area contributed by atoms with Crippen LogP contribution in [0.2, 0.25) is 0 Å². The Morgan fingerprint density at radius 2 is 2.18 bits per heavy atom. The van der Waals surface area contributed by atoms with Gasteiger partial charge in [0.15, 0.2) is 0 Å². The zero-order chi connectivity index (χ0) is 14.9. The van der Waals surface area contributed by atoms with Crippen molar-refractivity contribution in [2.24, 2.45) is 11.1 Å². The summed E-state index contributed by atoms with van der Waals surface area (Å²) in [7, 11) is 0. The van der Waals surface area contributed by atoms with E-state index in [-0.39, 0.29) is 17.8 Å². The second-order valence-electron chi connectivity index (χ2n) is 6.44. The molecule has 3 heterocycles. The van der Waals surface area contributed by atoms with Gasteiger partial charge in [-0.1, -0.05) is 19.9 Å². The highest BCUT2D eigenvalue weighted by molar-refractivity contribution is 7.14. The van der Waals surface area contributed by atoms with Crippen LogP contribution in [0.5, 0.6) is 0 Å². The first-order chi connectivity index (χ1) is 10.0. The van der Waals surface area contributed by atoms with Crippen LogP contribution in [0.1, 0.15) is 25.1 Å². The largest absolute Gasteiger partial charge is 0.327 e. The summed E-state index contributed by atoms with van der Waals surface area (Å²) in [6, 6.07) is 6.24. The second-order valence-corrected chi connectivity index (χ2v) is 7.56. The number of rotatable bonds is 3. The van der Waals surface area contributed by atoms with Crippen LogP contribution >= 0.6 is 23.7 Å². The normalized spacial score (nSPS) is 21.3. The van der Waals surface area contributed by atoms with E-state index in [2.05, 4.69) is 28.7 Å². The van der Waals surface area contributed by atoms with E-state index in [1.54, 1.807) is 11.3 Å². The van der Waals surface area contributed by atoms with E-state index < -0.39 is 0 Å². The molecule has 0 spiro atoms. The van der Waals surface area contributed by atoms with Gasteiger partial charge in [0, 0.05) is 42.9 Å². The SMILES string of the molecule is CC1(C)CN(Cc2cnc(-c3ccccn3)s2)CCC1N.Cl.